The number of aromatic hydroxyl groups is 1. The van der Waals surface area contributed by atoms with Crippen LogP contribution in [0.3, 0.4) is 0 Å². The quantitative estimate of drug-likeness (QED) is 0.658. The van der Waals surface area contributed by atoms with Gasteiger partial charge in [0, 0.05) is 19.2 Å². The lowest BCUT2D eigenvalue weighted by molar-refractivity contribution is 0.0950. The van der Waals surface area contributed by atoms with Crippen LogP contribution in [-0.4, -0.2) is 37.7 Å². The predicted molar refractivity (Wildman–Crippen MR) is 62.9 cm³/mol. The number of aromatic amines is 1. The standard InChI is InChI=1S/C11H13N5O2/c17-9-6-12-5-3-8(9)11(18)13-4-1-2-10-14-7-15-16-10/h3,5-7,17H,1-2,4H2,(H,13,18)(H,14,15,16). The van der Waals surface area contributed by atoms with E-state index in [1.165, 1.54) is 24.8 Å². The number of amides is 1. The number of pyridine rings is 1. The summed E-state index contributed by atoms with van der Waals surface area (Å²) in [6, 6.07) is 1.47. The van der Waals surface area contributed by atoms with Gasteiger partial charge in [-0.25, -0.2) is 4.98 Å². The first-order chi connectivity index (χ1) is 8.77. The number of nitrogens with zero attached hydrogens (tertiary/aromatic N) is 3. The maximum Gasteiger partial charge on any atom is 0.255 e. The van der Waals surface area contributed by atoms with Crippen LogP contribution in [0.1, 0.15) is 22.6 Å². The predicted octanol–water partition coefficient (Wildman–Crippen LogP) is 0.268. The molecule has 0 aliphatic heterocycles. The zero-order chi connectivity index (χ0) is 12.8. The van der Waals surface area contributed by atoms with Crippen molar-refractivity contribution in [2.75, 3.05) is 6.54 Å². The van der Waals surface area contributed by atoms with E-state index in [4.69, 9.17) is 0 Å². The second kappa shape index (κ2) is 5.76. The first kappa shape index (κ1) is 12.0. The van der Waals surface area contributed by atoms with Crippen molar-refractivity contribution in [2.45, 2.75) is 12.8 Å². The summed E-state index contributed by atoms with van der Waals surface area (Å²) in [4.78, 5) is 19.4. The molecule has 0 saturated heterocycles. The number of hydrogen-bond donors (Lipinski definition) is 3. The molecule has 0 saturated carbocycles. The van der Waals surface area contributed by atoms with Gasteiger partial charge in [-0.05, 0) is 12.5 Å². The molecular weight excluding hydrogens is 234 g/mol. The highest BCUT2D eigenvalue weighted by atomic mass is 16.3. The third-order valence-electron chi connectivity index (χ3n) is 2.39. The van der Waals surface area contributed by atoms with E-state index in [1.807, 2.05) is 0 Å². The summed E-state index contributed by atoms with van der Waals surface area (Å²) in [6.45, 7) is 0.501. The van der Waals surface area contributed by atoms with Crippen LogP contribution < -0.4 is 5.32 Å². The molecule has 0 spiro atoms. The van der Waals surface area contributed by atoms with Gasteiger partial charge < -0.3 is 10.4 Å². The normalized spacial score (nSPS) is 10.2. The number of carbonyl (C=O) groups is 1. The van der Waals surface area contributed by atoms with Crippen molar-refractivity contribution < 1.29 is 9.90 Å². The van der Waals surface area contributed by atoms with E-state index in [1.54, 1.807) is 0 Å². The molecule has 94 valence electrons. The number of hydrogen-bond acceptors (Lipinski definition) is 5. The Bertz CT molecular complexity index is 512. The Balaban J connectivity index is 1.77. The minimum Gasteiger partial charge on any atom is -0.505 e. The van der Waals surface area contributed by atoms with Crippen LogP contribution >= 0.6 is 0 Å². The van der Waals surface area contributed by atoms with Crippen LogP contribution in [-0.2, 0) is 6.42 Å². The Morgan fingerprint density at radius 3 is 3.11 bits per heavy atom. The van der Waals surface area contributed by atoms with Crippen LogP contribution in [0.25, 0.3) is 0 Å². The van der Waals surface area contributed by atoms with Crippen LogP contribution in [0.15, 0.2) is 24.8 Å². The molecule has 0 radical (unpaired) electrons. The molecule has 2 aromatic heterocycles. The van der Waals surface area contributed by atoms with E-state index in [2.05, 4.69) is 25.5 Å². The summed E-state index contributed by atoms with van der Waals surface area (Å²) < 4.78 is 0. The highest BCUT2D eigenvalue weighted by molar-refractivity contribution is 5.96. The Hall–Kier alpha value is -2.44. The van der Waals surface area contributed by atoms with Gasteiger partial charge >= 0.3 is 0 Å². The van der Waals surface area contributed by atoms with Gasteiger partial charge in [0.05, 0.1) is 11.8 Å². The molecule has 2 aromatic rings. The Kier molecular flexibility index (Phi) is 3.85. The summed E-state index contributed by atoms with van der Waals surface area (Å²) in [5, 5.41) is 18.6. The van der Waals surface area contributed by atoms with E-state index >= 15 is 0 Å². The molecule has 2 heterocycles. The first-order valence-electron chi connectivity index (χ1n) is 5.53. The highest BCUT2D eigenvalue weighted by Crippen LogP contribution is 2.13. The molecule has 18 heavy (non-hydrogen) atoms. The van der Waals surface area contributed by atoms with Crippen molar-refractivity contribution in [1.82, 2.24) is 25.5 Å². The van der Waals surface area contributed by atoms with Gasteiger partial charge in [0.2, 0.25) is 0 Å². The molecule has 3 N–H and O–H groups in total. The van der Waals surface area contributed by atoms with Gasteiger partial charge in [-0.3, -0.25) is 14.9 Å². The smallest absolute Gasteiger partial charge is 0.255 e. The van der Waals surface area contributed by atoms with Crippen LogP contribution in [0, 0.1) is 0 Å². The van der Waals surface area contributed by atoms with Gasteiger partial charge in [-0.1, -0.05) is 0 Å². The molecule has 0 atom stereocenters. The van der Waals surface area contributed by atoms with Gasteiger partial charge in [0.15, 0.2) is 0 Å². The minimum atomic E-state index is -0.313. The molecule has 0 bridgehead atoms. The van der Waals surface area contributed by atoms with Gasteiger partial charge in [-0.2, -0.15) is 5.10 Å². The van der Waals surface area contributed by atoms with Crippen molar-refractivity contribution >= 4 is 5.91 Å². The van der Waals surface area contributed by atoms with Crippen LogP contribution in [0.2, 0.25) is 0 Å². The molecule has 7 heteroatoms. The fraction of sp³-hybridized carbons (Fsp3) is 0.273. The maximum atomic E-state index is 11.7. The summed E-state index contributed by atoms with van der Waals surface area (Å²) in [6.07, 6.45) is 5.60. The van der Waals surface area contributed by atoms with E-state index < -0.39 is 0 Å². The third kappa shape index (κ3) is 3.03. The van der Waals surface area contributed by atoms with E-state index in [-0.39, 0.29) is 17.2 Å². The Labute approximate surface area is 103 Å². The first-order valence-corrected chi connectivity index (χ1v) is 5.53. The summed E-state index contributed by atoms with van der Waals surface area (Å²) in [5.74, 6) is 0.355. The van der Waals surface area contributed by atoms with Crippen molar-refractivity contribution in [3.05, 3.63) is 36.2 Å². The van der Waals surface area contributed by atoms with E-state index in [0.717, 1.165) is 12.2 Å². The summed E-state index contributed by atoms with van der Waals surface area (Å²) in [5.41, 5.74) is 0.227. The van der Waals surface area contributed by atoms with Crippen LogP contribution in [0.4, 0.5) is 0 Å². The third-order valence-corrected chi connectivity index (χ3v) is 2.39. The van der Waals surface area contributed by atoms with Gasteiger partial charge in [-0.15, -0.1) is 0 Å². The number of nitrogens with one attached hydrogen (secondary N) is 2. The lowest BCUT2D eigenvalue weighted by Crippen LogP contribution is -2.24. The SMILES string of the molecule is O=C(NCCCc1ncn[nH]1)c1ccncc1O. The largest absolute Gasteiger partial charge is 0.505 e. The topological polar surface area (TPSA) is 104 Å². The van der Waals surface area contributed by atoms with Crippen molar-refractivity contribution in [2.24, 2.45) is 0 Å². The van der Waals surface area contributed by atoms with Crippen molar-refractivity contribution in [3.63, 3.8) is 0 Å². The second-order valence-electron chi connectivity index (χ2n) is 3.68. The van der Waals surface area contributed by atoms with E-state index in [9.17, 15) is 9.90 Å². The molecule has 0 aliphatic rings. The second-order valence-corrected chi connectivity index (χ2v) is 3.68. The summed E-state index contributed by atoms with van der Waals surface area (Å²) in [7, 11) is 0. The van der Waals surface area contributed by atoms with Crippen molar-refractivity contribution in [1.29, 1.82) is 0 Å². The molecule has 0 unspecified atom stereocenters. The zero-order valence-corrected chi connectivity index (χ0v) is 9.63. The number of aryl methyl sites for hydroxylation is 1. The molecule has 2 rings (SSSR count). The van der Waals surface area contributed by atoms with Crippen molar-refractivity contribution in [3.8, 4) is 5.75 Å². The molecule has 7 nitrogen and oxygen atoms in total. The van der Waals surface area contributed by atoms with Gasteiger partial charge in [0.1, 0.15) is 17.9 Å². The lowest BCUT2D eigenvalue weighted by atomic mass is 10.2. The number of carbonyl (C=O) groups excluding carboxylic acids is 1. The number of aromatic nitrogens is 4. The molecule has 0 aliphatic carbocycles. The number of rotatable bonds is 5. The maximum absolute atomic E-state index is 11.7. The summed E-state index contributed by atoms with van der Waals surface area (Å²) >= 11 is 0. The monoisotopic (exact) mass is 247 g/mol. The minimum absolute atomic E-state index is 0.120. The molecular formula is C11H13N5O2. The van der Waals surface area contributed by atoms with E-state index in [0.29, 0.717) is 13.0 Å². The van der Waals surface area contributed by atoms with Crippen LogP contribution in [0.5, 0.6) is 5.75 Å². The van der Waals surface area contributed by atoms with Gasteiger partial charge in [0.25, 0.3) is 5.91 Å². The molecule has 0 fully saturated rings. The lowest BCUT2D eigenvalue weighted by Gasteiger charge is -2.05. The Morgan fingerprint density at radius 1 is 1.50 bits per heavy atom. The zero-order valence-electron chi connectivity index (χ0n) is 9.63. The fourth-order valence-electron chi connectivity index (χ4n) is 1.48. The average Bonchev–Trinajstić information content (AvgIpc) is 2.88. The average molecular weight is 247 g/mol. The molecule has 1 amide bonds. The number of H-pyrrole nitrogens is 1. The highest BCUT2D eigenvalue weighted by Gasteiger charge is 2.09. The Morgan fingerprint density at radius 2 is 2.39 bits per heavy atom. The fourth-order valence-corrected chi connectivity index (χ4v) is 1.48. The molecule has 0 aromatic carbocycles.